The molecule has 5 nitrogen and oxygen atoms in total. The minimum absolute atomic E-state index is 0.142. The Morgan fingerprint density at radius 1 is 1.23 bits per heavy atom. The number of anilines is 1. The lowest BCUT2D eigenvalue weighted by molar-refractivity contribution is 0.745. The molecule has 3 aromatic rings. The van der Waals surface area contributed by atoms with Crippen molar-refractivity contribution >= 4 is 23.4 Å². The highest BCUT2D eigenvalue weighted by molar-refractivity contribution is 7.99. The lowest BCUT2D eigenvalue weighted by Gasteiger charge is -2.23. The molecule has 0 aliphatic heterocycles. The number of benzene rings is 1. The van der Waals surface area contributed by atoms with E-state index in [1.807, 2.05) is 48.2 Å². The van der Waals surface area contributed by atoms with Crippen molar-refractivity contribution in [1.82, 2.24) is 19.6 Å². The second-order valence-corrected chi connectivity index (χ2v) is 7.20. The van der Waals surface area contributed by atoms with Crippen LogP contribution in [0.1, 0.15) is 13.8 Å². The summed E-state index contributed by atoms with van der Waals surface area (Å²) in [7, 11) is 0. The molecule has 0 saturated heterocycles. The van der Waals surface area contributed by atoms with E-state index < -0.39 is 0 Å². The molecule has 0 fully saturated rings. The maximum Gasteiger partial charge on any atom is 0.254 e. The van der Waals surface area contributed by atoms with Crippen molar-refractivity contribution in [2.24, 2.45) is 0 Å². The predicted molar refractivity (Wildman–Crippen MR) is 92.3 cm³/mol. The Bertz CT molecular complexity index is 767. The van der Waals surface area contributed by atoms with Gasteiger partial charge in [0.05, 0.1) is 5.69 Å². The van der Waals surface area contributed by atoms with Gasteiger partial charge in [0.2, 0.25) is 0 Å². The molecule has 0 aliphatic rings. The quantitative estimate of drug-likeness (QED) is 0.783. The predicted octanol–water partition coefficient (Wildman–Crippen LogP) is 3.34. The zero-order valence-electron chi connectivity index (χ0n) is 12.9. The first kappa shape index (κ1) is 14.8. The van der Waals surface area contributed by atoms with E-state index in [2.05, 4.69) is 40.5 Å². The van der Waals surface area contributed by atoms with Gasteiger partial charge in [0.1, 0.15) is 12.1 Å². The highest BCUT2D eigenvalue weighted by Gasteiger charge is 2.17. The van der Waals surface area contributed by atoms with Crippen LogP contribution in [0.3, 0.4) is 0 Å². The summed E-state index contributed by atoms with van der Waals surface area (Å²) in [4.78, 5) is 8.80. The lowest BCUT2D eigenvalue weighted by atomic mass is 10.1. The van der Waals surface area contributed by atoms with E-state index in [1.54, 1.807) is 4.52 Å². The second kappa shape index (κ2) is 5.96. The Kier molecular flexibility index (Phi) is 4.02. The minimum Gasteiger partial charge on any atom is -0.368 e. The molecule has 0 unspecified atom stereocenters. The fraction of sp³-hybridized carbons (Fsp3) is 0.312. The number of hydrogen-bond donors (Lipinski definition) is 1. The van der Waals surface area contributed by atoms with Gasteiger partial charge >= 0.3 is 0 Å². The number of thioether (sulfide) groups is 1. The zero-order valence-corrected chi connectivity index (χ0v) is 13.8. The van der Waals surface area contributed by atoms with Crippen LogP contribution in [0, 0.1) is 0 Å². The Morgan fingerprint density at radius 3 is 2.73 bits per heavy atom. The zero-order chi connectivity index (χ0) is 15.6. The average Bonchev–Trinajstić information content (AvgIpc) is 3.02. The fourth-order valence-corrected chi connectivity index (χ4v) is 2.29. The molecule has 6 heteroatoms. The summed E-state index contributed by atoms with van der Waals surface area (Å²) < 4.78 is 1.88. The normalized spacial score (nSPS) is 11.8. The molecule has 22 heavy (non-hydrogen) atoms. The van der Waals surface area contributed by atoms with Crippen molar-refractivity contribution in [1.29, 1.82) is 0 Å². The van der Waals surface area contributed by atoms with E-state index in [4.69, 9.17) is 0 Å². The molecular weight excluding hydrogens is 294 g/mol. The van der Waals surface area contributed by atoms with Crippen LogP contribution in [0.15, 0.2) is 42.7 Å². The van der Waals surface area contributed by atoms with E-state index >= 15 is 0 Å². The van der Waals surface area contributed by atoms with Crippen LogP contribution in [-0.4, -0.2) is 37.1 Å². The Labute approximate surface area is 134 Å². The number of aromatic nitrogens is 4. The monoisotopic (exact) mass is 313 g/mol. The molecular formula is C16H19N5S. The van der Waals surface area contributed by atoms with Gasteiger partial charge in [0, 0.05) is 22.9 Å². The maximum absolute atomic E-state index is 4.57. The van der Waals surface area contributed by atoms with Gasteiger partial charge in [-0.3, -0.25) is 0 Å². The van der Waals surface area contributed by atoms with Gasteiger partial charge in [0.25, 0.3) is 5.78 Å². The summed E-state index contributed by atoms with van der Waals surface area (Å²) >= 11 is 1.83. The van der Waals surface area contributed by atoms with Gasteiger partial charge in [-0.15, -0.1) is 0 Å². The first-order valence-corrected chi connectivity index (χ1v) is 8.37. The summed E-state index contributed by atoms with van der Waals surface area (Å²) in [5.74, 6) is 1.51. The van der Waals surface area contributed by atoms with E-state index in [0.29, 0.717) is 5.78 Å². The smallest absolute Gasteiger partial charge is 0.254 e. The molecule has 0 aliphatic carbocycles. The van der Waals surface area contributed by atoms with Crippen molar-refractivity contribution in [3.8, 4) is 11.3 Å². The van der Waals surface area contributed by atoms with Crippen LogP contribution < -0.4 is 5.32 Å². The van der Waals surface area contributed by atoms with Gasteiger partial charge in [-0.1, -0.05) is 30.3 Å². The van der Waals surface area contributed by atoms with E-state index in [9.17, 15) is 0 Å². The Hall–Kier alpha value is -2.08. The van der Waals surface area contributed by atoms with Crippen LogP contribution in [0.5, 0.6) is 0 Å². The van der Waals surface area contributed by atoms with Crippen molar-refractivity contribution in [2.45, 2.75) is 18.6 Å². The van der Waals surface area contributed by atoms with Gasteiger partial charge < -0.3 is 5.32 Å². The summed E-state index contributed by atoms with van der Waals surface area (Å²) in [5, 5.41) is 7.73. The van der Waals surface area contributed by atoms with Gasteiger partial charge in [0.15, 0.2) is 0 Å². The first-order chi connectivity index (χ1) is 10.6. The molecule has 0 saturated carbocycles. The van der Waals surface area contributed by atoms with Crippen LogP contribution in [0.4, 0.5) is 5.82 Å². The highest BCUT2D eigenvalue weighted by atomic mass is 32.2. The van der Waals surface area contributed by atoms with E-state index in [0.717, 1.165) is 23.6 Å². The lowest BCUT2D eigenvalue weighted by Crippen LogP contribution is -2.26. The highest BCUT2D eigenvalue weighted by Crippen LogP contribution is 2.24. The van der Waals surface area contributed by atoms with Gasteiger partial charge in [-0.2, -0.15) is 26.4 Å². The van der Waals surface area contributed by atoms with Crippen molar-refractivity contribution in [2.75, 3.05) is 18.1 Å². The molecule has 0 bridgehead atoms. The van der Waals surface area contributed by atoms with Gasteiger partial charge in [-0.25, -0.2) is 4.98 Å². The fourth-order valence-electron chi connectivity index (χ4n) is 2.07. The SMILES string of the molecule is CSC(C)(C)CNc1cc(-c2ccccc2)nc2ncnn12. The Balaban J connectivity index is 1.99. The number of fused-ring (bicyclic) bond motifs is 1. The number of hydrogen-bond acceptors (Lipinski definition) is 5. The molecule has 0 amide bonds. The number of nitrogens with zero attached hydrogens (tertiary/aromatic N) is 4. The third-order valence-electron chi connectivity index (χ3n) is 3.57. The number of rotatable bonds is 5. The van der Waals surface area contributed by atoms with Crippen molar-refractivity contribution < 1.29 is 0 Å². The van der Waals surface area contributed by atoms with Crippen LogP contribution in [-0.2, 0) is 0 Å². The molecule has 1 aromatic carbocycles. The molecule has 2 heterocycles. The second-order valence-electron chi connectivity index (χ2n) is 5.68. The van der Waals surface area contributed by atoms with Crippen molar-refractivity contribution in [3.63, 3.8) is 0 Å². The first-order valence-electron chi connectivity index (χ1n) is 7.14. The number of nitrogens with one attached hydrogen (secondary N) is 1. The molecule has 0 atom stereocenters. The van der Waals surface area contributed by atoms with Crippen LogP contribution in [0.2, 0.25) is 0 Å². The maximum atomic E-state index is 4.57. The minimum atomic E-state index is 0.142. The molecule has 1 N–H and O–H groups in total. The average molecular weight is 313 g/mol. The summed E-state index contributed by atoms with van der Waals surface area (Å²) in [5.41, 5.74) is 1.96. The molecule has 114 valence electrons. The van der Waals surface area contributed by atoms with Crippen molar-refractivity contribution in [3.05, 3.63) is 42.7 Å². The standard InChI is InChI=1S/C16H19N5S/c1-16(2,22-3)10-17-14-9-13(12-7-5-4-6-8-12)20-15-18-11-19-21(14)15/h4-9,11,17H,10H2,1-3H3. The summed E-state index contributed by atoms with van der Waals surface area (Å²) in [6, 6.07) is 12.1. The van der Waals surface area contributed by atoms with Crippen LogP contribution in [0.25, 0.3) is 17.0 Å². The molecule has 0 radical (unpaired) electrons. The molecule has 0 spiro atoms. The Morgan fingerprint density at radius 2 is 2.00 bits per heavy atom. The molecule has 2 aromatic heterocycles. The molecule has 3 rings (SSSR count). The van der Waals surface area contributed by atoms with E-state index in [1.165, 1.54) is 6.33 Å². The third-order valence-corrected chi connectivity index (χ3v) is 4.82. The van der Waals surface area contributed by atoms with E-state index in [-0.39, 0.29) is 4.75 Å². The summed E-state index contributed by atoms with van der Waals surface area (Å²) in [6.07, 6.45) is 3.65. The van der Waals surface area contributed by atoms with Gasteiger partial charge in [-0.05, 0) is 20.1 Å². The topological polar surface area (TPSA) is 55.1 Å². The largest absolute Gasteiger partial charge is 0.368 e. The third kappa shape index (κ3) is 3.06. The van der Waals surface area contributed by atoms with Crippen LogP contribution >= 0.6 is 11.8 Å². The summed E-state index contributed by atoms with van der Waals surface area (Å²) in [6.45, 7) is 5.26.